The van der Waals surface area contributed by atoms with Gasteiger partial charge in [0.15, 0.2) is 0 Å². The highest BCUT2D eigenvalue weighted by molar-refractivity contribution is 4.66. The standard InChI is InChI=1S/C14H31N/c1-6-7-8-9-10-11-12-15(13(2)3)14(4)5/h13-14H,6-12H2,1-5H3. The smallest absolute Gasteiger partial charge is 0.00412 e. The third-order valence-corrected chi connectivity index (χ3v) is 3.10. The molecule has 0 amide bonds. The first-order valence-electron chi connectivity index (χ1n) is 6.85. The van der Waals surface area contributed by atoms with Crippen LogP contribution in [0.1, 0.15) is 73.1 Å². The van der Waals surface area contributed by atoms with Gasteiger partial charge in [-0.15, -0.1) is 0 Å². The zero-order valence-corrected chi connectivity index (χ0v) is 11.6. The molecule has 0 aliphatic rings. The number of nitrogens with zero attached hydrogens (tertiary/aromatic N) is 1. The Labute approximate surface area is 97.2 Å². The first kappa shape index (κ1) is 15.0. The Morgan fingerprint density at radius 3 is 1.67 bits per heavy atom. The topological polar surface area (TPSA) is 3.24 Å². The van der Waals surface area contributed by atoms with Gasteiger partial charge in [0.2, 0.25) is 0 Å². The number of rotatable bonds is 9. The summed E-state index contributed by atoms with van der Waals surface area (Å²) in [6.45, 7) is 12.8. The van der Waals surface area contributed by atoms with Gasteiger partial charge in [0.1, 0.15) is 0 Å². The van der Waals surface area contributed by atoms with E-state index in [4.69, 9.17) is 0 Å². The van der Waals surface area contributed by atoms with Crippen molar-refractivity contribution in [3.63, 3.8) is 0 Å². The van der Waals surface area contributed by atoms with E-state index in [0.29, 0.717) is 12.1 Å². The van der Waals surface area contributed by atoms with Crippen molar-refractivity contribution < 1.29 is 0 Å². The third-order valence-electron chi connectivity index (χ3n) is 3.10. The molecule has 0 aliphatic heterocycles. The summed E-state index contributed by atoms with van der Waals surface area (Å²) in [7, 11) is 0. The van der Waals surface area contributed by atoms with E-state index in [1.54, 1.807) is 0 Å². The molecule has 0 fully saturated rings. The van der Waals surface area contributed by atoms with Crippen LogP contribution in [0.4, 0.5) is 0 Å². The average Bonchev–Trinajstić information content (AvgIpc) is 2.15. The highest BCUT2D eigenvalue weighted by Gasteiger charge is 2.11. The van der Waals surface area contributed by atoms with Crippen LogP contribution in [0.15, 0.2) is 0 Å². The lowest BCUT2D eigenvalue weighted by molar-refractivity contribution is 0.171. The van der Waals surface area contributed by atoms with E-state index < -0.39 is 0 Å². The second-order valence-electron chi connectivity index (χ2n) is 5.19. The molecule has 0 heterocycles. The van der Waals surface area contributed by atoms with Gasteiger partial charge < -0.3 is 0 Å². The van der Waals surface area contributed by atoms with Crippen LogP contribution in [-0.4, -0.2) is 23.5 Å². The van der Waals surface area contributed by atoms with Crippen LogP contribution in [-0.2, 0) is 0 Å². The molecular formula is C14H31N. The highest BCUT2D eigenvalue weighted by atomic mass is 15.2. The molecule has 92 valence electrons. The minimum absolute atomic E-state index is 0.695. The number of unbranched alkanes of at least 4 members (excludes halogenated alkanes) is 5. The van der Waals surface area contributed by atoms with Crippen LogP contribution < -0.4 is 0 Å². The van der Waals surface area contributed by atoms with Crippen molar-refractivity contribution in [1.29, 1.82) is 0 Å². The van der Waals surface area contributed by atoms with Crippen molar-refractivity contribution in [2.24, 2.45) is 0 Å². The lowest BCUT2D eigenvalue weighted by Gasteiger charge is -2.30. The fraction of sp³-hybridized carbons (Fsp3) is 1.00. The van der Waals surface area contributed by atoms with Crippen LogP contribution in [0, 0.1) is 0 Å². The summed E-state index contributed by atoms with van der Waals surface area (Å²) in [6.07, 6.45) is 8.41. The Hall–Kier alpha value is -0.0400. The van der Waals surface area contributed by atoms with E-state index in [1.165, 1.54) is 45.1 Å². The molecule has 0 atom stereocenters. The van der Waals surface area contributed by atoms with Crippen molar-refractivity contribution in [3.05, 3.63) is 0 Å². The molecule has 0 unspecified atom stereocenters. The molecule has 0 aromatic heterocycles. The van der Waals surface area contributed by atoms with Crippen LogP contribution in [0.2, 0.25) is 0 Å². The van der Waals surface area contributed by atoms with Gasteiger partial charge in [-0.05, 0) is 40.7 Å². The average molecular weight is 213 g/mol. The third kappa shape index (κ3) is 7.84. The molecule has 0 aliphatic carbocycles. The van der Waals surface area contributed by atoms with Gasteiger partial charge >= 0.3 is 0 Å². The van der Waals surface area contributed by atoms with E-state index in [1.807, 2.05) is 0 Å². The van der Waals surface area contributed by atoms with E-state index >= 15 is 0 Å². The van der Waals surface area contributed by atoms with E-state index in [-0.39, 0.29) is 0 Å². The molecule has 0 bridgehead atoms. The molecule has 0 spiro atoms. The van der Waals surface area contributed by atoms with Crippen molar-refractivity contribution in [1.82, 2.24) is 4.90 Å². The van der Waals surface area contributed by atoms with E-state index in [9.17, 15) is 0 Å². The minimum atomic E-state index is 0.695. The SMILES string of the molecule is CCCCCCCCN(C(C)C)C(C)C. The first-order valence-corrected chi connectivity index (χ1v) is 6.85. The van der Waals surface area contributed by atoms with E-state index in [0.717, 1.165) is 0 Å². The monoisotopic (exact) mass is 213 g/mol. The highest BCUT2D eigenvalue weighted by Crippen LogP contribution is 2.10. The molecule has 0 radical (unpaired) electrons. The molecule has 0 saturated heterocycles. The van der Waals surface area contributed by atoms with Crippen molar-refractivity contribution in [3.8, 4) is 0 Å². The molecule has 0 aromatic rings. The van der Waals surface area contributed by atoms with Gasteiger partial charge in [-0.3, -0.25) is 4.90 Å². The summed E-state index contributed by atoms with van der Waals surface area (Å²) in [5.41, 5.74) is 0. The summed E-state index contributed by atoms with van der Waals surface area (Å²) in [5, 5.41) is 0. The van der Waals surface area contributed by atoms with Gasteiger partial charge in [-0.1, -0.05) is 39.0 Å². The van der Waals surface area contributed by atoms with Crippen LogP contribution in [0.25, 0.3) is 0 Å². The van der Waals surface area contributed by atoms with Crippen LogP contribution in [0.5, 0.6) is 0 Å². The maximum absolute atomic E-state index is 2.60. The minimum Gasteiger partial charge on any atom is -0.299 e. The summed E-state index contributed by atoms with van der Waals surface area (Å²) >= 11 is 0. The fourth-order valence-electron chi connectivity index (χ4n) is 2.19. The Morgan fingerprint density at radius 1 is 0.733 bits per heavy atom. The van der Waals surface area contributed by atoms with Gasteiger partial charge in [-0.25, -0.2) is 0 Å². The molecular weight excluding hydrogens is 182 g/mol. The van der Waals surface area contributed by atoms with Gasteiger partial charge in [-0.2, -0.15) is 0 Å². The summed E-state index contributed by atoms with van der Waals surface area (Å²) < 4.78 is 0. The Morgan fingerprint density at radius 2 is 1.20 bits per heavy atom. The van der Waals surface area contributed by atoms with Crippen molar-refractivity contribution >= 4 is 0 Å². The number of hydrogen-bond donors (Lipinski definition) is 0. The molecule has 1 heteroatoms. The largest absolute Gasteiger partial charge is 0.299 e. The molecule has 1 nitrogen and oxygen atoms in total. The first-order chi connectivity index (χ1) is 7.09. The lowest BCUT2D eigenvalue weighted by Crippen LogP contribution is -2.37. The predicted octanol–water partition coefficient (Wildman–Crippen LogP) is 4.47. The summed E-state index contributed by atoms with van der Waals surface area (Å²) in [5.74, 6) is 0. The van der Waals surface area contributed by atoms with Gasteiger partial charge in [0.05, 0.1) is 0 Å². The quantitative estimate of drug-likeness (QED) is 0.511. The van der Waals surface area contributed by atoms with Gasteiger partial charge in [0, 0.05) is 12.1 Å². The summed E-state index contributed by atoms with van der Waals surface area (Å²) in [4.78, 5) is 2.60. The second-order valence-corrected chi connectivity index (χ2v) is 5.19. The number of hydrogen-bond acceptors (Lipinski definition) is 1. The van der Waals surface area contributed by atoms with Crippen LogP contribution >= 0.6 is 0 Å². The second kappa shape index (κ2) is 9.21. The summed E-state index contributed by atoms with van der Waals surface area (Å²) in [6, 6.07) is 1.39. The van der Waals surface area contributed by atoms with Crippen molar-refractivity contribution in [2.75, 3.05) is 6.54 Å². The molecule has 15 heavy (non-hydrogen) atoms. The zero-order chi connectivity index (χ0) is 11.7. The lowest BCUT2D eigenvalue weighted by atomic mass is 10.1. The fourth-order valence-corrected chi connectivity index (χ4v) is 2.19. The molecule has 0 N–H and O–H groups in total. The Kier molecular flexibility index (Phi) is 9.18. The maximum Gasteiger partial charge on any atom is 0.00412 e. The molecule has 0 rings (SSSR count). The Bertz CT molecular complexity index is 121. The van der Waals surface area contributed by atoms with Gasteiger partial charge in [0.25, 0.3) is 0 Å². The normalized spacial score (nSPS) is 12.0. The molecule has 0 saturated carbocycles. The zero-order valence-electron chi connectivity index (χ0n) is 11.6. The molecule has 0 aromatic carbocycles. The van der Waals surface area contributed by atoms with Crippen LogP contribution in [0.3, 0.4) is 0 Å². The Balaban J connectivity index is 3.46. The van der Waals surface area contributed by atoms with Crippen molar-refractivity contribution in [2.45, 2.75) is 85.2 Å². The van der Waals surface area contributed by atoms with E-state index in [2.05, 4.69) is 39.5 Å². The predicted molar refractivity (Wildman–Crippen MR) is 70.4 cm³/mol. The maximum atomic E-state index is 2.60.